The van der Waals surface area contributed by atoms with Crippen LogP contribution in [0.5, 0.6) is 11.5 Å². The summed E-state index contributed by atoms with van der Waals surface area (Å²) in [6.45, 7) is 0.512. The third-order valence-corrected chi connectivity index (χ3v) is 4.77. The van der Waals surface area contributed by atoms with Gasteiger partial charge in [-0.05, 0) is 41.8 Å². The Labute approximate surface area is 174 Å². The van der Waals surface area contributed by atoms with Crippen LogP contribution in [0.1, 0.15) is 17.5 Å². The van der Waals surface area contributed by atoms with Crippen LogP contribution in [0.15, 0.2) is 42.7 Å². The Kier molecular flexibility index (Phi) is 6.84. The second-order valence-corrected chi connectivity index (χ2v) is 6.78. The molecule has 0 spiro atoms. The Morgan fingerprint density at radius 1 is 1.10 bits per heavy atom. The molecule has 30 heavy (non-hydrogen) atoms. The number of methoxy groups -OCH3 is 2. The van der Waals surface area contributed by atoms with Gasteiger partial charge in [-0.15, -0.1) is 0 Å². The van der Waals surface area contributed by atoms with Gasteiger partial charge in [-0.1, -0.05) is 6.07 Å². The van der Waals surface area contributed by atoms with Crippen molar-refractivity contribution in [3.63, 3.8) is 0 Å². The van der Waals surface area contributed by atoms with E-state index in [1.54, 1.807) is 30.6 Å². The molecule has 2 N–H and O–H groups in total. The van der Waals surface area contributed by atoms with Crippen molar-refractivity contribution >= 4 is 17.8 Å². The number of urea groups is 1. The van der Waals surface area contributed by atoms with Crippen molar-refractivity contribution in [1.29, 1.82) is 0 Å². The SMILES string of the molecule is COc1ccc(CN2C(=O)N[C@@H](CC(=O)NCCc3ccncc3)C2=O)cc1OC. The minimum absolute atomic E-state index is 0.0746. The highest BCUT2D eigenvalue weighted by Gasteiger charge is 2.39. The van der Waals surface area contributed by atoms with E-state index in [2.05, 4.69) is 15.6 Å². The first-order valence-electron chi connectivity index (χ1n) is 9.50. The summed E-state index contributed by atoms with van der Waals surface area (Å²) < 4.78 is 10.4. The van der Waals surface area contributed by atoms with Crippen LogP contribution >= 0.6 is 0 Å². The lowest BCUT2D eigenvalue weighted by atomic mass is 10.1. The first-order chi connectivity index (χ1) is 14.5. The first kappa shape index (κ1) is 21.1. The van der Waals surface area contributed by atoms with Crippen molar-refractivity contribution in [3.8, 4) is 11.5 Å². The standard InChI is InChI=1S/C21H24N4O5/c1-29-17-4-3-15(11-18(17)30-2)13-25-20(27)16(24-21(25)28)12-19(26)23-10-7-14-5-8-22-9-6-14/h3-6,8-9,11,16H,7,10,12-13H2,1-2H3,(H,23,26)(H,24,28)/t16-/m0/s1. The Morgan fingerprint density at radius 2 is 1.83 bits per heavy atom. The highest BCUT2D eigenvalue weighted by Crippen LogP contribution is 2.28. The van der Waals surface area contributed by atoms with E-state index in [0.29, 0.717) is 30.0 Å². The molecule has 9 heteroatoms. The number of amides is 4. The number of rotatable bonds is 9. The maximum Gasteiger partial charge on any atom is 0.325 e. The van der Waals surface area contributed by atoms with Gasteiger partial charge in [0.15, 0.2) is 11.5 Å². The molecule has 1 aliphatic rings. The summed E-state index contributed by atoms with van der Waals surface area (Å²) in [6.07, 6.45) is 3.93. The third kappa shape index (κ3) is 5.05. The molecular weight excluding hydrogens is 388 g/mol. The fourth-order valence-electron chi connectivity index (χ4n) is 3.18. The number of ether oxygens (including phenoxy) is 2. The number of pyridine rings is 1. The molecule has 2 heterocycles. The van der Waals surface area contributed by atoms with E-state index >= 15 is 0 Å². The molecule has 2 aromatic rings. The number of carbonyl (C=O) groups is 3. The van der Waals surface area contributed by atoms with Crippen LogP contribution in [0.4, 0.5) is 4.79 Å². The van der Waals surface area contributed by atoms with Gasteiger partial charge in [0.1, 0.15) is 6.04 Å². The fraction of sp³-hybridized carbons (Fsp3) is 0.333. The highest BCUT2D eigenvalue weighted by molar-refractivity contribution is 6.05. The Morgan fingerprint density at radius 3 is 2.53 bits per heavy atom. The average Bonchev–Trinajstić information content (AvgIpc) is 3.01. The lowest BCUT2D eigenvalue weighted by Crippen LogP contribution is -2.37. The Hall–Kier alpha value is -3.62. The van der Waals surface area contributed by atoms with Gasteiger partial charge in [-0.2, -0.15) is 0 Å². The van der Waals surface area contributed by atoms with Gasteiger partial charge in [-0.3, -0.25) is 19.5 Å². The Balaban J connectivity index is 1.53. The highest BCUT2D eigenvalue weighted by atomic mass is 16.5. The number of nitrogens with zero attached hydrogens (tertiary/aromatic N) is 2. The average molecular weight is 412 g/mol. The minimum atomic E-state index is -0.876. The van der Waals surface area contributed by atoms with Crippen molar-refractivity contribution in [2.24, 2.45) is 0 Å². The molecule has 0 radical (unpaired) electrons. The summed E-state index contributed by atoms with van der Waals surface area (Å²) >= 11 is 0. The predicted octanol–water partition coefficient (Wildman–Crippen LogP) is 1.27. The summed E-state index contributed by atoms with van der Waals surface area (Å²) in [5.41, 5.74) is 1.76. The van der Waals surface area contributed by atoms with Crippen molar-refractivity contribution in [2.75, 3.05) is 20.8 Å². The molecule has 0 saturated carbocycles. The van der Waals surface area contributed by atoms with Gasteiger partial charge in [0.05, 0.1) is 27.2 Å². The van der Waals surface area contributed by atoms with Crippen LogP contribution in [-0.2, 0) is 22.6 Å². The molecule has 1 aromatic heterocycles. The number of hydrogen-bond donors (Lipinski definition) is 2. The van der Waals surface area contributed by atoms with E-state index in [0.717, 1.165) is 10.5 Å². The number of benzene rings is 1. The second kappa shape index (κ2) is 9.73. The van der Waals surface area contributed by atoms with Crippen molar-refractivity contribution in [2.45, 2.75) is 25.4 Å². The van der Waals surface area contributed by atoms with Gasteiger partial charge >= 0.3 is 6.03 Å². The smallest absolute Gasteiger partial charge is 0.325 e. The van der Waals surface area contributed by atoms with E-state index in [1.807, 2.05) is 12.1 Å². The summed E-state index contributed by atoms with van der Waals surface area (Å²) in [6, 6.07) is 7.51. The zero-order valence-electron chi connectivity index (χ0n) is 16.9. The number of aromatic nitrogens is 1. The number of hydrogen-bond acceptors (Lipinski definition) is 6. The van der Waals surface area contributed by atoms with Crippen molar-refractivity contribution in [3.05, 3.63) is 53.9 Å². The van der Waals surface area contributed by atoms with Gasteiger partial charge in [-0.25, -0.2) is 4.79 Å². The van der Waals surface area contributed by atoms with Crippen molar-refractivity contribution in [1.82, 2.24) is 20.5 Å². The molecule has 4 amide bonds. The molecule has 1 saturated heterocycles. The first-order valence-corrected chi connectivity index (χ1v) is 9.50. The minimum Gasteiger partial charge on any atom is -0.493 e. The monoisotopic (exact) mass is 412 g/mol. The van der Waals surface area contributed by atoms with Crippen LogP contribution in [-0.4, -0.2) is 54.5 Å². The van der Waals surface area contributed by atoms with Crippen LogP contribution in [0.25, 0.3) is 0 Å². The number of imide groups is 1. The largest absolute Gasteiger partial charge is 0.493 e. The van der Waals surface area contributed by atoms with E-state index in [4.69, 9.17) is 9.47 Å². The number of carbonyl (C=O) groups excluding carboxylic acids is 3. The Bertz CT molecular complexity index is 919. The van der Waals surface area contributed by atoms with E-state index in [9.17, 15) is 14.4 Å². The number of nitrogens with one attached hydrogen (secondary N) is 2. The van der Waals surface area contributed by atoms with E-state index in [-0.39, 0.29) is 18.9 Å². The molecule has 1 aliphatic heterocycles. The van der Waals surface area contributed by atoms with E-state index < -0.39 is 18.0 Å². The maximum absolute atomic E-state index is 12.6. The lowest BCUT2D eigenvalue weighted by molar-refractivity contribution is -0.131. The van der Waals surface area contributed by atoms with Gasteiger partial charge in [0, 0.05) is 18.9 Å². The molecular formula is C21H24N4O5. The van der Waals surface area contributed by atoms with Gasteiger partial charge < -0.3 is 20.1 Å². The summed E-state index contributed by atoms with van der Waals surface area (Å²) in [5.74, 6) is 0.335. The summed E-state index contributed by atoms with van der Waals surface area (Å²) in [5, 5.41) is 5.35. The van der Waals surface area contributed by atoms with Crippen LogP contribution < -0.4 is 20.1 Å². The van der Waals surface area contributed by atoms with E-state index in [1.165, 1.54) is 14.2 Å². The second-order valence-electron chi connectivity index (χ2n) is 6.78. The summed E-state index contributed by atoms with van der Waals surface area (Å²) in [4.78, 5) is 42.1. The van der Waals surface area contributed by atoms with Gasteiger partial charge in [0.2, 0.25) is 5.91 Å². The zero-order chi connectivity index (χ0) is 21.5. The molecule has 1 atom stereocenters. The summed E-state index contributed by atoms with van der Waals surface area (Å²) in [7, 11) is 3.04. The molecule has 0 unspecified atom stereocenters. The normalized spacial score (nSPS) is 15.7. The molecule has 0 bridgehead atoms. The maximum atomic E-state index is 12.6. The predicted molar refractivity (Wildman–Crippen MR) is 108 cm³/mol. The third-order valence-electron chi connectivity index (χ3n) is 4.77. The molecule has 0 aliphatic carbocycles. The molecule has 3 rings (SSSR count). The fourth-order valence-corrected chi connectivity index (χ4v) is 3.18. The van der Waals surface area contributed by atoms with Crippen molar-refractivity contribution < 1.29 is 23.9 Å². The topological polar surface area (TPSA) is 110 Å². The van der Waals surface area contributed by atoms with Crippen LogP contribution in [0.3, 0.4) is 0 Å². The van der Waals surface area contributed by atoms with Gasteiger partial charge in [0.25, 0.3) is 5.91 Å². The van der Waals surface area contributed by atoms with Crippen LogP contribution in [0.2, 0.25) is 0 Å². The molecule has 158 valence electrons. The quantitative estimate of drug-likeness (QED) is 0.600. The molecule has 9 nitrogen and oxygen atoms in total. The molecule has 1 fully saturated rings. The van der Waals surface area contributed by atoms with Crippen LogP contribution in [0, 0.1) is 0 Å². The zero-order valence-corrected chi connectivity index (χ0v) is 16.9. The molecule has 1 aromatic carbocycles. The lowest BCUT2D eigenvalue weighted by Gasteiger charge is -2.15.